The molecule has 0 saturated heterocycles. The van der Waals surface area contributed by atoms with Crippen molar-refractivity contribution in [3.8, 4) is 11.4 Å². The van der Waals surface area contributed by atoms with Crippen LogP contribution in [-0.2, 0) is 0 Å². The fraction of sp³-hybridized carbons (Fsp3) is 0.158. The lowest BCUT2D eigenvalue weighted by Gasteiger charge is -2.11. The van der Waals surface area contributed by atoms with E-state index in [0.29, 0.717) is 16.9 Å². The van der Waals surface area contributed by atoms with Crippen molar-refractivity contribution >= 4 is 28.9 Å². The first kappa shape index (κ1) is 15.0. The number of hydrogen-bond donors (Lipinski definition) is 2. The molecule has 2 aromatic carbocycles. The zero-order valence-electron chi connectivity index (χ0n) is 13.0. The highest BCUT2D eigenvalue weighted by atomic mass is 35.5. The smallest absolute Gasteiger partial charge is 0.163 e. The maximum atomic E-state index is 5.95. The van der Waals surface area contributed by atoms with Crippen LogP contribution in [0.2, 0.25) is 5.02 Å². The molecule has 0 spiro atoms. The molecule has 0 bridgehead atoms. The molecule has 2 N–H and O–H groups in total. The van der Waals surface area contributed by atoms with Gasteiger partial charge in [-0.25, -0.2) is 9.97 Å². The molecule has 1 aliphatic carbocycles. The summed E-state index contributed by atoms with van der Waals surface area (Å²) in [5.74, 6) is 2.31. The molecule has 0 aliphatic heterocycles. The molecule has 4 nitrogen and oxygen atoms in total. The molecule has 3 aromatic rings. The second-order valence-corrected chi connectivity index (χ2v) is 6.31. The summed E-state index contributed by atoms with van der Waals surface area (Å²) in [4.78, 5) is 9.31. The third-order valence-electron chi connectivity index (χ3n) is 3.80. The first-order chi connectivity index (χ1) is 11.8. The normalized spacial score (nSPS) is 13.5. The molecule has 120 valence electrons. The van der Waals surface area contributed by atoms with Gasteiger partial charge < -0.3 is 10.6 Å². The Kier molecular flexibility index (Phi) is 4.05. The monoisotopic (exact) mass is 336 g/mol. The Morgan fingerprint density at radius 2 is 1.58 bits per heavy atom. The van der Waals surface area contributed by atoms with E-state index >= 15 is 0 Å². The van der Waals surface area contributed by atoms with Gasteiger partial charge in [-0.2, -0.15) is 0 Å². The van der Waals surface area contributed by atoms with E-state index in [-0.39, 0.29) is 0 Å². The molecule has 24 heavy (non-hydrogen) atoms. The number of hydrogen-bond acceptors (Lipinski definition) is 4. The van der Waals surface area contributed by atoms with E-state index in [2.05, 4.69) is 20.6 Å². The first-order valence-electron chi connectivity index (χ1n) is 8.00. The predicted octanol–water partition coefficient (Wildman–Crippen LogP) is 5.11. The van der Waals surface area contributed by atoms with Gasteiger partial charge in [-0.15, -0.1) is 0 Å². The van der Waals surface area contributed by atoms with E-state index in [9.17, 15) is 0 Å². The summed E-state index contributed by atoms with van der Waals surface area (Å²) in [5, 5.41) is 7.49. The molecule has 4 rings (SSSR count). The average molecular weight is 337 g/mol. The number of nitrogens with zero attached hydrogens (tertiary/aromatic N) is 2. The Morgan fingerprint density at radius 1 is 0.875 bits per heavy atom. The van der Waals surface area contributed by atoms with Crippen molar-refractivity contribution < 1.29 is 0 Å². The van der Waals surface area contributed by atoms with Crippen LogP contribution in [0.3, 0.4) is 0 Å². The third-order valence-corrected chi connectivity index (χ3v) is 4.06. The summed E-state index contributed by atoms with van der Waals surface area (Å²) in [7, 11) is 0. The van der Waals surface area contributed by atoms with E-state index in [1.54, 1.807) is 0 Å². The number of aromatic nitrogens is 2. The molecule has 1 aromatic heterocycles. The maximum absolute atomic E-state index is 5.95. The van der Waals surface area contributed by atoms with Crippen molar-refractivity contribution in [1.29, 1.82) is 0 Å². The Hall–Kier alpha value is -2.59. The zero-order chi connectivity index (χ0) is 16.4. The van der Waals surface area contributed by atoms with Crippen molar-refractivity contribution in [2.24, 2.45) is 0 Å². The summed E-state index contributed by atoms with van der Waals surface area (Å²) in [5.41, 5.74) is 1.94. The van der Waals surface area contributed by atoms with Gasteiger partial charge in [-0.1, -0.05) is 41.9 Å². The van der Waals surface area contributed by atoms with Crippen LogP contribution in [0, 0.1) is 0 Å². The molecule has 0 amide bonds. The number of nitrogens with one attached hydrogen (secondary N) is 2. The SMILES string of the molecule is Clc1ccc(Nc2cc(NC3CC3)nc(-c3ccccc3)n2)cc1. The van der Waals surface area contributed by atoms with Crippen LogP contribution in [0.25, 0.3) is 11.4 Å². The fourth-order valence-corrected chi connectivity index (χ4v) is 2.55. The van der Waals surface area contributed by atoms with E-state index < -0.39 is 0 Å². The van der Waals surface area contributed by atoms with E-state index in [1.165, 1.54) is 12.8 Å². The Bertz CT molecular complexity index is 830. The summed E-state index contributed by atoms with van der Waals surface area (Å²) in [6.07, 6.45) is 2.40. The molecule has 1 saturated carbocycles. The minimum Gasteiger partial charge on any atom is -0.367 e. The zero-order valence-corrected chi connectivity index (χ0v) is 13.8. The van der Waals surface area contributed by atoms with E-state index in [1.807, 2.05) is 60.7 Å². The van der Waals surface area contributed by atoms with Crippen molar-refractivity contribution in [3.63, 3.8) is 0 Å². The van der Waals surface area contributed by atoms with E-state index in [4.69, 9.17) is 11.6 Å². The molecular weight excluding hydrogens is 320 g/mol. The Labute approximate surface area is 145 Å². The van der Waals surface area contributed by atoms with Gasteiger partial charge in [0, 0.05) is 28.4 Å². The maximum Gasteiger partial charge on any atom is 0.163 e. The molecule has 1 heterocycles. The lowest BCUT2D eigenvalue weighted by molar-refractivity contribution is 1.09. The quantitative estimate of drug-likeness (QED) is 0.679. The molecule has 1 aliphatic rings. The number of benzene rings is 2. The molecule has 0 unspecified atom stereocenters. The predicted molar refractivity (Wildman–Crippen MR) is 98.8 cm³/mol. The molecular formula is C19H17ClN4. The summed E-state index contributed by atoms with van der Waals surface area (Å²) >= 11 is 5.95. The van der Waals surface area contributed by atoms with Crippen molar-refractivity contribution in [2.45, 2.75) is 18.9 Å². The minimum atomic E-state index is 0.534. The van der Waals surface area contributed by atoms with Crippen LogP contribution >= 0.6 is 11.6 Å². The van der Waals surface area contributed by atoms with Crippen molar-refractivity contribution in [1.82, 2.24) is 9.97 Å². The van der Waals surface area contributed by atoms with Gasteiger partial charge in [-0.05, 0) is 37.1 Å². The van der Waals surface area contributed by atoms with Gasteiger partial charge in [0.05, 0.1) is 0 Å². The van der Waals surface area contributed by atoms with Crippen molar-refractivity contribution in [2.75, 3.05) is 10.6 Å². The van der Waals surface area contributed by atoms with Gasteiger partial charge in [-0.3, -0.25) is 0 Å². The van der Waals surface area contributed by atoms with Gasteiger partial charge in [0.25, 0.3) is 0 Å². The van der Waals surface area contributed by atoms with Crippen LogP contribution in [0.15, 0.2) is 60.7 Å². The van der Waals surface area contributed by atoms with Crippen LogP contribution in [-0.4, -0.2) is 16.0 Å². The largest absolute Gasteiger partial charge is 0.367 e. The summed E-state index contributed by atoms with van der Waals surface area (Å²) < 4.78 is 0. The topological polar surface area (TPSA) is 49.8 Å². The van der Waals surface area contributed by atoms with Crippen molar-refractivity contribution in [3.05, 3.63) is 65.7 Å². The Morgan fingerprint density at radius 3 is 2.29 bits per heavy atom. The highest BCUT2D eigenvalue weighted by molar-refractivity contribution is 6.30. The molecule has 1 fully saturated rings. The first-order valence-corrected chi connectivity index (χ1v) is 8.38. The van der Waals surface area contributed by atoms with Gasteiger partial charge >= 0.3 is 0 Å². The molecule has 5 heteroatoms. The minimum absolute atomic E-state index is 0.534. The van der Waals surface area contributed by atoms with Gasteiger partial charge in [0.15, 0.2) is 5.82 Å². The number of anilines is 3. The summed E-state index contributed by atoms with van der Waals surface area (Å²) in [6.45, 7) is 0. The lowest BCUT2D eigenvalue weighted by atomic mass is 10.2. The molecule has 0 atom stereocenters. The third kappa shape index (κ3) is 3.66. The number of halogens is 1. The van der Waals surface area contributed by atoms with Crippen LogP contribution in [0.1, 0.15) is 12.8 Å². The van der Waals surface area contributed by atoms with Gasteiger partial charge in [0.1, 0.15) is 11.6 Å². The average Bonchev–Trinajstić information content (AvgIpc) is 3.42. The molecule has 0 radical (unpaired) electrons. The Balaban J connectivity index is 1.67. The number of rotatable bonds is 5. The van der Waals surface area contributed by atoms with E-state index in [0.717, 1.165) is 22.9 Å². The second-order valence-electron chi connectivity index (χ2n) is 5.88. The van der Waals surface area contributed by atoms with Crippen LogP contribution in [0.4, 0.5) is 17.3 Å². The standard InChI is InChI=1S/C19H17ClN4/c20-14-6-8-15(9-7-14)21-17-12-18(22-16-10-11-16)24-19(23-17)13-4-2-1-3-5-13/h1-9,12,16H,10-11H2,(H2,21,22,23,24). The fourth-order valence-electron chi connectivity index (χ4n) is 2.42. The van der Waals surface area contributed by atoms with Crippen LogP contribution < -0.4 is 10.6 Å². The summed E-state index contributed by atoms with van der Waals surface area (Å²) in [6, 6.07) is 20.1. The highest BCUT2D eigenvalue weighted by Crippen LogP contribution is 2.27. The lowest BCUT2D eigenvalue weighted by Crippen LogP contribution is -2.06. The second kappa shape index (κ2) is 6.49. The van der Waals surface area contributed by atoms with Gasteiger partial charge in [0.2, 0.25) is 0 Å². The highest BCUT2D eigenvalue weighted by Gasteiger charge is 2.22. The van der Waals surface area contributed by atoms with Crippen LogP contribution in [0.5, 0.6) is 0 Å².